The number of rotatable bonds is 6. The van der Waals surface area contributed by atoms with E-state index >= 15 is 0 Å². The first kappa shape index (κ1) is 21.7. The highest BCUT2D eigenvalue weighted by molar-refractivity contribution is 7.89. The lowest BCUT2D eigenvalue weighted by atomic mass is 10.1. The number of esters is 1. The molecule has 1 fully saturated rings. The minimum Gasteiger partial charge on any atom is -0.454 e. The van der Waals surface area contributed by atoms with E-state index in [0.29, 0.717) is 13.2 Å². The minimum atomic E-state index is -3.65. The van der Waals surface area contributed by atoms with Gasteiger partial charge in [0.05, 0.1) is 33.7 Å². The summed E-state index contributed by atoms with van der Waals surface area (Å²) in [6.07, 6.45) is 0. The fourth-order valence-corrected chi connectivity index (χ4v) is 4.49. The van der Waals surface area contributed by atoms with Crippen LogP contribution in [0.4, 0.5) is 0 Å². The van der Waals surface area contributed by atoms with E-state index in [2.05, 4.69) is 0 Å². The van der Waals surface area contributed by atoms with Crippen LogP contribution in [0, 0.1) is 0 Å². The SMILES string of the molecule is O=C(COC(=O)c1cccc(Cl)c1Cl)c1ccc(S(=O)(=O)N2CCOCC2)cc1. The van der Waals surface area contributed by atoms with E-state index in [1.54, 1.807) is 6.07 Å². The number of morpholine rings is 1. The topological polar surface area (TPSA) is 90.0 Å². The molecule has 3 rings (SSSR count). The van der Waals surface area contributed by atoms with E-state index in [4.69, 9.17) is 32.7 Å². The standard InChI is InChI=1S/C19H17Cl2NO6S/c20-16-3-1-2-15(18(16)21)19(24)28-12-17(23)13-4-6-14(7-5-13)29(25,26)22-8-10-27-11-9-22/h1-7H,8-12H2. The van der Waals surface area contributed by atoms with Crippen molar-refractivity contribution in [1.82, 2.24) is 4.31 Å². The monoisotopic (exact) mass is 457 g/mol. The van der Waals surface area contributed by atoms with Crippen LogP contribution in [0.25, 0.3) is 0 Å². The Morgan fingerprint density at radius 2 is 1.69 bits per heavy atom. The molecule has 0 atom stereocenters. The number of ketones is 1. The molecule has 2 aromatic carbocycles. The molecule has 154 valence electrons. The second-order valence-corrected chi connectivity index (χ2v) is 8.86. The number of carbonyl (C=O) groups excluding carboxylic acids is 2. The summed E-state index contributed by atoms with van der Waals surface area (Å²) in [6.45, 7) is 0.739. The Morgan fingerprint density at radius 1 is 1.03 bits per heavy atom. The number of carbonyl (C=O) groups is 2. The first-order valence-corrected chi connectivity index (χ1v) is 10.8. The third-order valence-electron chi connectivity index (χ3n) is 4.29. The summed E-state index contributed by atoms with van der Waals surface area (Å²) in [5.74, 6) is -1.26. The van der Waals surface area contributed by atoms with Gasteiger partial charge in [-0.15, -0.1) is 0 Å². The first-order chi connectivity index (χ1) is 13.8. The number of benzene rings is 2. The maximum absolute atomic E-state index is 12.6. The lowest BCUT2D eigenvalue weighted by molar-refractivity contribution is 0.0475. The summed E-state index contributed by atoms with van der Waals surface area (Å²) < 4.78 is 36.7. The van der Waals surface area contributed by atoms with Crippen LogP contribution in [-0.2, 0) is 19.5 Å². The number of Topliss-reactive ketones (excluding diaryl/α,β-unsaturated/α-hetero) is 1. The fourth-order valence-electron chi connectivity index (χ4n) is 2.70. The first-order valence-electron chi connectivity index (χ1n) is 8.63. The quantitative estimate of drug-likeness (QED) is 0.488. The molecule has 0 spiro atoms. The van der Waals surface area contributed by atoms with Crippen LogP contribution < -0.4 is 0 Å². The summed E-state index contributed by atoms with van der Waals surface area (Å²) in [6, 6.07) is 9.98. The molecule has 0 saturated carbocycles. The van der Waals surface area contributed by atoms with Crippen molar-refractivity contribution in [2.75, 3.05) is 32.9 Å². The molecule has 1 heterocycles. The molecule has 0 aliphatic carbocycles. The Labute approximate surface area is 178 Å². The zero-order chi connectivity index (χ0) is 21.0. The Balaban J connectivity index is 1.64. The number of nitrogens with zero attached hydrogens (tertiary/aromatic N) is 1. The van der Waals surface area contributed by atoms with Crippen LogP contribution in [-0.4, -0.2) is 57.4 Å². The van der Waals surface area contributed by atoms with E-state index in [1.807, 2.05) is 0 Å². The van der Waals surface area contributed by atoms with Crippen LogP contribution in [0.15, 0.2) is 47.4 Å². The highest BCUT2D eigenvalue weighted by Crippen LogP contribution is 2.26. The maximum atomic E-state index is 12.6. The molecule has 7 nitrogen and oxygen atoms in total. The van der Waals surface area contributed by atoms with E-state index in [9.17, 15) is 18.0 Å². The number of ether oxygens (including phenoxy) is 2. The van der Waals surface area contributed by atoms with Crippen molar-refractivity contribution in [1.29, 1.82) is 0 Å². The summed E-state index contributed by atoms with van der Waals surface area (Å²) in [4.78, 5) is 24.5. The third kappa shape index (κ3) is 4.96. The van der Waals surface area contributed by atoms with Gasteiger partial charge in [-0.05, 0) is 36.4 Å². The number of sulfonamides is 1. The Hall–Kier alpha value is -1.97. The number of hydrogen-bond donors (Lipinski definition) is 0. The lowest BCUT2D eigenvalue weighted by Gasteiger charge is -2.26. The normalized spacial score (nSPS) is 15.1. The molecule has 0 amide bonds. The summed E-state index contributed by atoms with van der Waals surface area (Å²) in [5.41, 5.74) is 0.273. The van der Waals surface area contributed by atoms with Gasteiger partial charge in [-0.25, -0.2) is 13.2 Å². The van der Waals surface area contributed by atoms with Crippen LogP contribution >= 0.6 is 23.2 Å². The molecule has 10 heteroatoms. The Morgan fingerprint density at radius 3 is 2.34 bits per heavy atom. The molecule has 1 aliphatic rings. The van der Waals surface area contributed by atoms with Gasteiger partial charge in [-0.1, -0.05) is 29.3 Å². The predicted molar refractivity (Wildman–Crippen MR) is 107 cm³/mol. The summed E-state index contributed by atoms with van der Waals surface area (Å²) in [5, 5.41) is 0.244. The van der Waals surface area contributed by atoms with Crippen LogP contribution in [0.3, 0.4) is 0 Å². The summed E-state index contributed by atoms with van der Waals surface area (Å²) in [7, 11) is -3.65. The van der Waals surface area contributed by atoms with Crippen LogP contribution in [0.2, 0.25) is 10.0 Å². The van der Waals surface area contributed by atoms with Crippen molar-refractivity contribution in [3.05, 3.63) is 63.6 Å². The van der Waals surface area contributed by atoms with Crippen molar-refractivity contribution < 1.29 is 27.5 Å². The van der Waals surface area contributed by atoms with E-state index in [-0.39, 0.29) is 39.2 Å². The highest BCUT2D eigenvalue weighted by atomic mass is 35.5. The average Bonchev–Trinajstić information content (AvgIpc) is 2.74. The smallest absolute Gasteiger partial charge is 0.340 e. The Bertz CT molecular complexity index is 1020. The van der Waals surface area contributed by atoms with Gasteiger partial charge in [0.2, 0.25) is 10.0 Å². The Kier molecular flexibility index (Phi) is 6.92. The van der Waals surface area contributed by atoms with E-state index < -0.39 is 28.4 Å². The van der Waals surface area contributed by atoms with Gasteiger partial charge >= 0.3 is 5.97 Å². The van der Waals surface area contributed by atoms with Gasteiger partial charge in [0, 0.05) is 18.7 Å². The van der Waals surface area contributed by atoms with E-state index in [0.717, 1.165) is 0 Å². The summed E-state index contributed by atoms with van der Waals surface area (Å²) >= 11 is 11.8. The zero-order valence-corrected chi connectivity index (χ0v) is 17.5. The molecule has 0 bridgehead atoms. The molecule has 29 heavy (non-hydrogen) atoms. The largest absolute Gasteiger partial charge is 0.454 e. The number of hydrogen-bond acceptors (Lipinski definition) is 6. The zero-order valence-electron chi connectivity index (χ0n) is 15.1. The van der Waals surface area contributed by atoms with E-state index in [1.165, 1.54) is 40.7 Å². The van der Waals surface area contributed by atoms with Crippen molar-refractivity contribution in [2.45, 2.75) is 4.90 Å². The van der Waals surface area contributed by atoms with Crippen molar-refractivity contribution in [3.63, 3.8) is 0 Å². The fraction of sp³-hybridized carbons (Fsp3) is 0.263. The lowest BCUT2D eigenvalue weighted by Crippen LogP contribution is -2.40. The molecule has 0 unspecified atom stereocenters. The van der Waals surface area contributed by atoms with Gasteiger partial charge in [0.15, 0.2) is 12.4 Å². The van der Waals surface area contributed by atoms with Crippen molar-refractivity contribution >= 4 is 45.0 Å². The number of halogens is 2. The molecule has 2 aromatic rings. The van der Waals surface area contributed by atoms with Gasteiger partial charge in [-0.3, -0.25) is 4.79 Å². The third-order valence-corrected chi connectivity index (χ3v) is 7.02. The molecule has 1 saturated heterocycles. The van der Waals surface area contributed by atoms with Crippen LogP contribution in [0.5, 0.6) is 0 Å². The van der Waals surface area contributed by atoms with Gasteiger partial charge < -0.3 is 9.47 Å². The van der Waals surface area contributed by atoms with Crippen LogP contribution in [0.1, 0.15) is 20.7 Å². The van der Waals surface area contributed by atoms with Crippen molar-refractivity contribution in [3.8, 4) is 0 Å². The van der Waals surface area contributed by atoms with Gasteiger partial charge in [-0.2, -0.15) is 4.31 Å². The highest BCUT2D eigenvalue weighted by Gasteiger charge is 2.26. The molecule has 1 aliphatic heterocycles. The van der Waals surface area contributed by atoms with Gasteiger partial charge in [0.1, 0.15) is 0 Å². The second-order valence-electron chi connectivity index (χ2n) is 6.14. The maximum Gasteiger partial charge on any atom is 0.340 e. The molecular formula is C19H17Cl2NO6S. The molecule has 0 aromatic heterocycles. The predicted octanol–water partition coefficient (Wildman–Crippen LogP) is 3.05. The second kappa shape index (κ2) is 9.23. The molecule has 0 radical (unpaired) electrons. The van der Waals surface area contributed by atoms with Crippen molar-refractivity contribution in [2.24, 2.45) is 0 Å². The average molecular weight is 458 g/mol. The minimum absolute atomic E-state index is 0.0456. The molecular weight excluding hydrogens is 441 g/mol. The van der Waals surface area contributed by atoms with Gasteiger partial charge in [0.25, 0.3) is 0 Å². The molecule has 0 N–H and O–H groups in total.